The van der Waals surface area contributed by atoms with Gasteiger partial charge in [-0.15, -0.1) is 0 Å². The molecule has 1 aliphatic heterocycles. The largest absolute Gasteiger partial charge is 0.387 e. The molecule has 1 unspecified atom stereocenters. The number of ketones is 1. The first-order chi connectivity index (χ1) is 15.1. The number of anilines is 2. The molecular weight excluding hydrogens is 394 g/mol. The Morgan fingerprint density at radius 3 is 2.77 bits per heavy atom. The SMILES string of the molecule is CN(CCN=O)C(=O)C1CC(=O)c2c([nH]c(C3=CCNC=C3)c2Nc2ccccc2)C1. The van der Waals surface area contributed by atoms with Gasteiger partial charge in [-0.1, -0.05) is 29.5 Å². The fraction of sp³-hybridized carbons (Fsp3) is 0.304. The highest BCUT2D eigenvalue weighted by molar-refractivity contribution is 6.08. The summed E-state index contributed by atoms with van der Waals surface area (Å²) in [4.78, 5) is 41.3. The van der Waals surface area contributed by atoms with Crippen LogP contribution in [0.4, 0.5) is 11.4 Å². The predicted octanol–water partition coefficient (Wildman–Crippen LogP) is 3.23. The van der Waals surface area contributed by atoms with Crippen LogP contribution in [0.5, 0.6) is 0 Å². The third kappa shape index (κ3) is 4.28. The van der Waals surface area contributed by atoms with Gasteiger partial charge in [0.1, 0.15) is 0 Å². The third-order valence-corrected chi connectivity index (χ3v) is 5.64. The summed E-state index contributed by atoms with van der Waals surface area (Å²) < 4.78 is 0. The fourth-order valence-electron chi connectivity index (χ4n) is 4.09. The van der Waals surface area contributed by atoms with Gasteiger partial charge in [0, 0.05) is 44.4 Å². The minimum Gasteiger partial charge on any atom is -0.387 e. The number of para-hydroxylation sites is 1. The zero-order chi connectivity index (χ0) is 21.8. The van der Waals surface area contributed by atoms with Crippen molar-refractivity contribution in [3.05, 3.63) is 70.5 Å². The summed E-state index contributed by atoms with van der Waals surface area (Å²) in [6, 6.07) is 9.71. The van der Waals surface area contributed by atoms with Crippen LogP contribution >= 0.6 is 0 Å². The number of Topliss-reactive ketones (excluding diaryl/α,β-unsaturated/α-hetero) is 1. The lowest BCUT2D eigenvalue weighted by Crippen LogP contribution is -2.38. The minimum atomic E-state index is -0.453. The van der Waals surface area contributed by atoms with Gasteiger partial charge in [0.15, 0.2) is 5.78 Å². The van der Waals surface area contributed by atoms with Crippen LogP contribution in [0.3, 0.4) is 0 Å². The molecule has 2 aromatic rings. The van der Waals surface area contributed by atoms with E-state index in [0.717, 1.165) is 28.3 Å². The number of allylic oxidation sites excluding steroid dienone is 2. The molecular formula is C23H25N5O3. The molecule has 0 radical (unpaired) electrons. The molecule has 31 heavy (non-hydrogen) atoms. The lowest BCUT2D eigenvalue weighted by Gasteiger charge is -2.25. The van der Waals surface area contributed by atoms with E-state index < -0.39 is 5.92 Å². The fourth-order valence-corrected chi connectivity index (χ4v) is 4.09. The molecule has 0 fully saturated rings. The number of dihydropyridines is 1. The predicted molar refractivity (Wildman–Crippen MR) is 120 cm³/mol. The van der Waals surface area contributed by atoms with Crippen LogP contribution in [0.15, 0.2) is 53.9 Å². The van der Waals surface area contributed by atoms with Crippen molar-refractivity contribution in [1.82, 2.24) is 15.2 Å². The van der Waals surface area contributed by atoms with Crippen LogP contribution in [0.1, 0.15) is 28.2 Å². The quantitative estimate of drug-likeness (QED) is 0.598. The van der Waals surface area contributed by atoms with Gasteiger partial charge in [0.2, 0.25) is 5.91 Å². The highest BCUT2D eigenvalue weighted by Crippen LogP contribution is 2.39. The molecule has 8 heteroatoms. The van der Waals surface area contributed by atoms with E-state index in [4.69, 9.17) is 0 Å². The van der Waals surface area contributed by atoms with Crippen molar-refractivity contribution in [2.45, 2.75) is 12.8 Å². The zero-order valence-corrected chi connectivity index (χ0v) is 17.4. The Bertz CT molecular complexity index is 1050. The number of aromatic nitrogens is 1. The van der Waals surface area contributed by atoms with Gasteiger partial charge in [-0.2, -0.15) is 4.91 Å². The number of aromatic amines is 1. The Hall–Kier alpha value is -3.68. The number of hydrogen-bond donors (Lipinski definition) is 3. The van der Waals surface area contributed by atoms with E-state index in [1.54, 1.807) is 7.05 Å². The number of nitrogens with one attached hydrogen (secondary N) is 3. The number of benzene rings is 1. The van der Waals surface area contributed by atoms with E-state index in [0.29, 0.717) is 18.5 Å². The molecule has 4 rings (SSSR count). The first-order valence-corrected chi connectivity index (χ1v) is 10.3. The number of hydrogen-bond acceptors (Lipinski definition) is 6. The number of amides is 1. The summed E-state index contributed by atoms with van der Waals surface area (Å²) in [7, 11) is 1.64. The summed E-state index contributed by atoms with van der Waals surface area (Å²) in [5, 5.41) is 9.37. The van der Waals surface area contributed by atoms with Gasteiger partial charge in [-0.05, 0) is 30.0 Å². The van der Waals surface area contributed by atoms with Crippen molar-refractivity contribution in [2.24, 2.45) is 11.1 Å². The number of nitrogens with zero attached hydrogens (tertiary/aromatic N) is 2. The molecule has 1 aromatic carbocycles. The Kier molecular flexibility index (Phi) is 5.97. The van der Waals surface area contributed by atoms with E-state index in [2.05, 4.69) is 26.9 Å². The van der Waals surface area contributed by atoms with Crippen molar-refractivity contribution in [3.8, 4) is 0 Å². The van der Waals surface area contributed by atoms with Crippen molar-refractivity contribution in [1.29, 1.82) is 0 Å². The maximum absolute atomic E-state index is 13.2. The summed E-state index contributed by atoms with van der Waals surface area (Å²) in [6.07, 6.45) is 6.48. The molecule has 2 aliphatic rings. The summed E-state index contributed by atoms with van der Waals surface area (Å²) >= 11 is 0. The topological polar surface area (TPSA) is 107 Å². The number of carbonyl (C=O) groups is 2. The standard InChI is InChI=1S/C23H25N5O3/c1-28(12-11-25-31)23(30)16-13-18-20(19(29)14-16)22(26-17-5-3-2-4-6-17)21(27-18)15-7-9-24-10-8-15/h2-9,16,24,26-27H,10-14H2,1H3. The summed E-state index contributed by atoms with van der Waals surface area (Å²) in [5.41, 5.74) is 4.83. The Labute approximate surface area is 180 Å². The molecule has 1 aromatic heterocycles. The average molecular weight is 419 g/mol. The van der Waals surface area contributed by atoms with Gasteiger partial charge in [0.05, 0.1) is 29.4 Å². The maximum atomic E-state index is 13.2. The van der Waals surface area contributed by atoms with Crippen LogP contribution < -0.4 is 10.6 Å². The van der Waals surface area contributed by atoms with Gasteiger partial charge < -0.3 is 20.5 Å². The van der Waals surface area contributed by atoms with Crippen molar-refractivity contribution in [2.75, 3.05) is 32.0 Å². The molecule has 2 heterocycles. The van der Waals surface area contributed by atoms with E-state index in [9.17, 15) is 14.5 Å². The van der Waals surface area contributed by atoms with Crippen LogP contribution in [0, 0.1) is 10.8 Å². The van der Waals surface area contributed by atoms with Crippen LogP contribution in [-0.2, 0) is 11.2 Å². The van der Waals surface area contributed by atoms with E-state index in [1.165, 1.54) is 4.90 Å². The van der Waals surface area contributed by atoms with Crippen molar-refractivity contribution < 1.29 is 9.59 Å². The number of carbonyl (C=O) groups excluding carboxylic acids is 2. The van der Waals surface area contributed by atoms with Crippen LogP contribution in [0.25, 0.3) is 5.57 Å². The molecule has 160 valence electrons. The average Bonchev–Trinajstić information content (AvgIpc) is 3.17. The molecule has 3 N–H and O–H groups in total. The van der Waals surface area contributed by atoms with Gasteiger partial charge in [-0.3, -0.25) is 9.59 Å². The molecule has 1 aliphatic carbocycles. The molecule has 0 spiro atoms. The number of fused-ring (bicyclic) bond motifs is 1. The normalized spacial score (nSPS) is 17.4. The molecule has 1 atom stereocenters. The highest BCUT2D eigenvalue weighted by Gasteiger charge is 2.36. The number of H-pyrrole nitrogens is 1. The summed E-state index contributed by atoms with van der Waals surface area (Å²) in [5.74, 6) is -0.663. The molecule has 0 saturated carbocycles. The Morgan fingerprint density at radius 2 is 2.06 bits per heavy atom. The second-order valence-electron chi connectivity index (χ2n) is 7.76. The van der Waals surface area contributed by atoms with Crippen LogP contribution in [-0.4, -0.2) is 48.3 Å². The molecule has 1 amide bonds. The van der Waals surface area contributed by atoms with Gasteiger partial charge in [-0.25, -0.2) is 0 Å². The van der Waals surface area contributed by atoms with Crippen LogP contribution in [0.2, 0.25) is 0 Å². The van der Waals surface area contributed by atoms with E-state index >= 15 is 0 Å². The zero-order valence-electron chi connectivity index (χ0n) is 17.4. The lowest BCUT2D eigenvalue weighted by atomic mass is 9.85. The number of likely N-dealkylation sites (N-methyl/N-ethyl adjacent to an activating group) is 1. The van der Waals surface area contributed by atoms with Crippen molar-refractivity contribution >= 4 is 28.6 Å². The third-order valence-electron chi connectivity index (χ3n) is 5.64. The Morgan fingerprint density at radius 1 is 1.26 bits per heavy atom. The second kappa shape index (κ2) is 8.99. The van der Waals surface area contributed by atoms with Crippen molar-refractivity contribution in [3.63, 3.8) is 0 Å². The molecule has 8 nitrogen and oxygen atoms in total. The first-order valence-electron chi connectivity index (χ1n) is 10.3. The van der Waals surface area contributed by atoms with Gasteiger partial charge >= 0.3 is 0 Å². The number of rotatable bonds is 7. The smallest absolute Gasteiger partial charge is 0.226 e. The number of nitroso groups, excluding NO2 is 1. The molecule has 0 bridgehead atoms. The summed E-state index contributed by atoms with van der Waals surface area (Å²) in [6.45, 7) is 0.993. The second-order valence-corrected chi connectivity index (χ2v) is 7.76. The van der Waals surface area contributed by atoms with Gasteiger partial charge in [0.25, 0.3) is 0 Å². The lowest BCUT2D eigenvalue weighted by molar-refractivity contribution is -0.134. The minimum absolute atomic E-state index is 0.0421. The maximum Gasteiger partial charge on any atom is 0.226 e. The monoisotopic (exact) mass is 419 g/mol. The van der Waals surface area contributed by atoms with E-state index in [-0.39, 0.29) is 31.2 Å². The molecule has 0 saturated heterocycles. The first kappa shape index (κ1) is 20.6. The highest BCUT2D eigenvalue weighted by atomic mass is 16.3. The Balaban J connectivity index is 1.69. The van der Waals surface area contributed by atoms with E-state index in [1.807, 2.05) is 42.6 Å².